The molecule has 0 fully saturated rings. The van der Waals surface area contributed by atoms with Crippen molar-refractivity contribution in [3.8, 4) is 0 Å². The Labute approximate surface area is 162 Å². The van der Waals surface area contributed by atoms with E-state index < -0.39 is 35.0 Å². The van der Waals surface area contributed by atoms with Crippen LogP contribution in [0.4, 0.5) is 0 Å². The van der Waals surface area contributed by atoms with E-state index in [0.717, 1.165) is 12.8 Å². The van der Waals surface area contributed by atoms with Crippen LogP contribution in [0.3, 0.4) is 0 Å². The Morgan fingerprint density at radius 2 is 1.33 bits per heavy atom. The lowest BCUT2D eigenvalue weighted by atomic mass is 9.92. The average Bonchev–Trinajstić information content (AvgIpc) is 2.65. The molecule has 0 saturated heterocycles. The monoisotopic (exact) mass is 392 g/mol. The van der Waals surface area contributed by atoms with E-state index in [1.54, 1.807) is 0 Å². The predicted octanol–water partition coefficient (Wildman–Crippen LogP) is 4.40. The quantitative estimate of drug-likeness (QED) is 0.609. The van der Waals surface area contributed by atoms with Crippen molar-refractivity contribution < 1.29 is 28.7 Å². The van der Waals surface area contributed by atoms with Gasteiger partial charge in [0.2, 0.25) is 23.1 Å². The lowest BCUT2D eigenvalue weighted by molar-refractivity contribution is -0.143. The van der Waals surface area contributed by atoms with Crippen molar-refractivity contribution >= 4 is 35.1 Å². The summed E-state index contributed by atoms with van der Waals surface area (Å²) in [6.45, 7) is 3.81. The molecule has 144 valence electrons. The van der Waals surface area contributed by atoms with Gasteiger partial charge in [-0.2, -0.15) is 0 Å². The highest BCUT2D eigenvalue weighted by Crippen LogP contribution is 2.30. The summed E-state index contributed by atoms with van der Waals surface area (Å²) in [5, 5.41) is 0.259. The van der Waals surface area contributed by atoms with Gasteiger partial charge >= 0.3 is 11.9 Å². The molecule has 0 aliphatic heterocycles. The average molecular weight is 393 g/mol. The summed E-state index contributed by atoms with van der Waals surface area (Å²) in [4.78, 5) is 49.6. The lowest BCUT2D eigenvalue weighted by Crippen LogP contribution is -2.27. The highest BCUT2D eigenvalue weighted by molar-refractivity contribution is 6.32. The fourth-order valence-electron chi connectivity index (χ4n) is 2.51. The molecule has 1 aliphatic carbocycles. The number of Topliss-reactive ketones (excluding diaryl/α,β-unsaturated/α-hetero) is 2. The highest BCUT2D eigenvalue weighted by Gasteiger charge is 2.37. The van der Waals surface area contributed by atoms with Gasteiger partial charge in [0.05, 0.1) is 0 Å². The third-order valence-corrected chi connectivity index (χ3v) is 4.23. The van der Waals surface area contributed by atoms with Gasteiger partial charge in [0.1, 0.15) is 0 Å². The third kappa shape index (κ3) is 5.04. The van der Waals surface area contributed by atoms with Gasteiger partial charge in [-0.3, -0.25) is 19.2 Å². The first-order valence-corrected chi connectivity index (χ1v) is 9.31. The number of ketones is 2. The molecule has 0 atom stereocenters. The number of hydrogen-bond acceptors (Lipinski definition) is 6. The summed E-state index contributed by atoms with van der Waals surface area (Å²) in [6.07, 6.45) is 2.85. The molecule has 1 aromatic carbocycles. The fourth-order valence-corrected chi connectivity index (χ4v) is 2.68. The molecule has 0 spiro atoms. The van der Waals surface area contributed by atoms with E-state index in [0.29, 0.717) is 12.8 Å². The van der Waals surface area contributed by atoms with E-state index in [9.17, 15) is 19.2 Å². The first-order chi connectivity index (χ1) is 12.9. The first-order valence-electron chi connectivity index (χ1n) is 8.93. The molecule has 2 rings (SSSR count). The Bertz CT molecular complexity index is 809. The zero-order valence-electron chi connectivity index (χ0n) is 15.3. The number of rotatable bonds is 8. The van der Waals surface area contributed by atoms with Crippen molar-refractivity contribution in [2.24, 2.45) is 0 Å². The van der Waals surface area contributed by atoms with Crippen molar-refractivity contribution in [2.75, 3.05) is 0 Å². The molecule has 0 radical (unpaired) electrons. The topological polar surface area (TPSA) is 86.7 Å². The van der Waals surface area contributed by atoms with Crippen molar-refractivity contribution in [1.82, 2.24) is 0 Å². The zero-order chi connectivity index (χ0) is 20.0. The van der Waals surface area contributed by atoms with Crippen LogP contribution in [0.2, 0.25) is 5.02 Å². The van der Waals surface area contributed by atoms with Crippen LogP contribution in [-0.2, 0) is 19.1 Å². The number of halogens is 1. The van der Waals surface area contributed by atoms with Gasteiger partial charge in [0.15, 0.2) is 0 Å². The molecule has 0 unspecified atom stereocenters. The van der Waals surface area contributed by atoms with E-state index in [4.69, 9.17) is 21.1 Å². The van der Waals surface area contributed by atoms with Crippen LogP contribution in [-0.4, -0.2) is 23.5 Å². The van der Waals surface area contributed by atoms with E-state index in [1.807, 2.05) is 13.8 Å². The Morgan fingerprint density at radius 3 is 1.81 bits per heavy atom. The summed E-state index contributed by atoms with van der Waals surface area (Å²) in [6, 6.07) is 4.17. The Morgan fingerprint density at radius 1 is 0.852 bits per heavy atom. The van der Waals surface area contributed by atoms with Crippen molar-refractivity contribution in [3.63, 3.8) is 0 Å². The molecule has 0 N–H and O–H groups in total. The summed E-state index contributed by atoms with van der Waals surface area (Å²) in [5.41, 5.74) is 0.0650. The number of ether oxygens (including phenoxy) is 2. The van der Waals surface area contributed by atoms with Gasteiger partial charge < -0.3 is 9.47 Å². The van der Waals surface area contributed by atoms with Crippen molar-refractivity contribution in [3.05, 3.63) is 45.9 Å². The Kier molecular flexibility index (Phi) is 7.30. The van der Waals surface area contributed by atoms with E-state index in [1.165, 1.54) is 18.2 Å². The van der Waals surface area contributed by atoms with Crippen LogP contribution in [0.15, 0.2) is 29.7 Å². The van der Waals surface area contributed by atoms with Gasteiger partial charge in [-0.05, 0) is 31.0 Å². The van der Waals surface area contributed by atoms with Crippen LogP contribution in [0.25, 0.3) is 0 Å². The largest absolute Gasteiger partial charge is 0.418 e. The number of esters is 2. The van der Waals surface area contributed by atoms with Gasteiger partial charge in [-0.25, -0.2) is 0 Å². The molecule has 1 aromatic rings. The standard InChI is InChI=1S/C20H21ClO6/c1-3-5-7-15(22)26-19-17(24)13-10-9-12(21)11-14(13)18(25)20(19)27-16(23)8-6-4-2/h9-11H,3-8H2,1-2H3. The number of hydrogen-bond donors (Lipinski definition) is 0. The first kappa shape index (κ1) is 20.8. The molecule has 0 heterocycles. The molecular weight excluding hydrogens is 372 g/mol. The van der Waals surface area contributed by atoms with E-state index in [-0.39, 0.29) is 29.0 Å². The second-order valence-corrected chi connectivity index (χ2v) is 6.60. The summed E-state index contributed by atoms with van der Waals surface area (Å²) in [5.74, 6) is -3.82. The maximum atomic E-state index is 12.8. The fraction of sp³-hybridized carbons (Fsp3) is 0.400. The SMILES string of the molecule is CCCCC(=O)OC1=C(OC(=O)CCCC)C(=O)c2cc(Cl)ccc2C1=O. The van der Waals surface area contributed by atoms with E-state index in [2.05, 4.69) is 0 Å². The molecule has 7 heteroatoms. The molecule has 6 nitrogen and oxygen atoms in total. The van der Waals surface area contributed by atoms with E-state index >= 15 is 0 Å². The lowest BCUT2D eigenvalue weighted by Gasteiger charge is -2.20. The second-order valence-electron chi connectivity index (χ2n) is 6.16. The van der Waals surface area contributed by atoms with Crippen LogP contribution < -0.4 is 0 Å². The minimum Gasteiger partial charge on any atom is -0.418 e. The minimum atomic E-state index is -0.713. The Hall–Kier alpha value is -2.47. The minimum absolute atomic E-state index is 0.0131. The van der Waals surface area contributed by atoms with Gasteiger partial charge in [0, 0.05) is 29.0 Å². The maximum absolute atomic E-state index is 12.8. The van der Waals surface area contributed by atoms with Crippen LogP contribution in [0.5, 0.6) is 0 Å². The molecule has 0 aromatic heterocycles. The van der Waals surface area contributed by atoms with Crippen molar-refractivity contribution in [1.29, 1.82) is 0 Å². The molecule has 0 amide bonds. The number of carbonyl (C=O) groups excluding carboxylic acids is 4. The summed E-state index contributed by atoms with van der Waals surface area (Å²) >= 11 is 5.92. The van der Waals surface area contributed by atoms with Crippen LogP contribution in [0, 0.1) is 0 Å². The molecule has 0 saturated carbocycles. The normalized spacial score (nSPS) is 13.4. The highest BCUT2D eigenvalue weighted by atomic mass is 35.5. The molecule has 0 bridgehead atoms. The number of benzene rings is 1. The maximum Gasteiger partial charge on any atom is 0.311 e. The number of fused-ring (bicyclic) bond motifs is 1. The predicted molar refractivity (Wildman–Crippen MR) is 98.4 cm³/mol. The number of unbranched alkanes of at least 4 members (excludes halogenated alkanes) is 2. The number of allylic oxidation sites excluding steroid dienone is 2. The summed E-state index contributed by atoms with van der Waals surface area (Å²) in [7, 11) is 0. The van der Waals surface area contributed by atoms with Crippen LogP contribution >= 0.6 is 11.6 Å². The van der Waals surface area contributed by atoms with Gasteiger partial charge in [-0.1, -0.05) is 38.3 Å². The summed E-state index contributed by atoms with van der Waals surface area (Å²) < 4.78 is 10.3. The van der Waals surface area contributed by atoms with Gasteiger partial charge in [0.25, 0.3) is 0 Å². The number of carbonyl (C=O) groups is 4. The van der Waals surface area contributed by atoms with Crippen molar-refractivity contribution in [2.45, 2.75) is 52.4 Å². The molecule has 1 aliphatic rings. The van der Waals surface area contributed by atoms with Crippen LogP contribution in [0.1, 0.15) is 73.1 Å². The zero-order valence-corrected chi connectivity index (χ0v) is 16.1. The molecule has 27 heavy (non-hydrogen) atoms. The second kappa shape index (κ2) is 9.46. The smallest absolute Gasteiger partial charge is 0.311 e. The third-order valence-electron chi connectivity index (χ3n) is 3.99. The Balaban J connectivity index is 2.41. The molecular formula is C20H21ClO6. The van der Waals surface area contributed by atoms with Gasteiger partial charge in [-0.15, -0.1) is 0 Å².